The zero-order valence-corrected chi connectivity index (χ0v) is 16.2. The fraction of sp³-hybridized carbons (Fsp3) is 0.278. The highest BCUT2D eigenvalue weighted by molar-refractivity contribution is 7.89. The van der Waals surface area contributed by atoms with Crippen molar-refractivity contribution in [1.82, 2.24) is 19.4 Å². The second-order valence-electron chi connectivity index (χ2n) is 6.50. The fourth-order valence-electron chi connectivity index (χ4n) is 3.16. The smallest absolute Gasteiger partial charge is 0.266 e. The van der Waals surface area contributed by atoms with Gasteiger partial charge in [-0.3, -0.25) is 4.98 Å². The molecule has 0 spiro atoms. The Labute approximate surface area is 166 Å². The molecule has 0 N–H and O–H groups in total. The summed E-state index contributed by atoms with van der Waals surface area (Å²) in [7, 11) is -3.96. The van der Waals surface area contributed by atoms with Gasteiger partial charge in [-0.1, -0.05) is 28.9 Å². The molecule has 1 saturated heterocycles. The Morgan fingerprint density at radius 3 is 2.79 bits per heavy atom. The van der Waals surface area contributed by atoms with Crippen LogP contribution in [-0.4, -0.2) is 40.9 Å². The number of rotatable bonds is 4. The normalized spacial score (nSPS) is 20.9. The van der Waals surface area contributed by atoms with Crippen molar-refractivity contribution in [3.8, 4) is 11.4 Å². The molecular formula is C18H16ClFN4O3S. The quantitative estimate of drug-likeness (QED) is 0.639. The van der Waals surface area contributed by atoms with Gasteiger partial charge in [0.25, 0.3) is 5.89 Å². The van der Waals surface area contributed by atoms with Crippen molar-refractivity contribution < 1.29 is 17.3 Å². The van der Waals surface area contributed by atoms with Crippen LogP contribution in [0.25, 0.3) is 11.4 Å². The molecule has 2 aromatic heterocycles. The molecule has 0 aliphatic carbocycles. The van der Waals surface area contributed by atoms with Crippen LogP contribution in [0.3, 0.4) is 0 Å². The maximum Gasteiger partial charge on any atom is 0.266 e. The third kappa shape index (κ3) is 3.41. The van der Waals surface area contributed by atoms with E-state index in [1.54, 1.807) is 30.5 Å². The summed E-state index contributed by atoms with van der Waals surface area (Å²) in [4.78, 5) is 8.06. The van der Waals surface area contributed by atoms with Gasteiger partial charge in [0.1, 0.15) is 4.90 Å². The summed E-state index contributed by atoms with van der Waals surface area (Å²) in [6.07, 6.45) is 3.52. The monoisotopic (exact) mass is 422 g/mol. The van der Waals surface area contributed by atoms with E-state index < -0.39 is 22.2 Å². The van der Waals surface area contributed by atoms with Crippen LogP contribution in [0.1, 0.15) is 18.7 Å². The summed E-state index contributed by atoms with van der Waals surface area (Å²) < 4.78 is 47.8. The van der Waals surface area contributed by atoms with Crippen LogP contribution in [0.4, 0.5) is 4.39 Å². The Morgan fingerprint density at radius 1 is 1.21 bits per heavy atom. The van der Waals surface area contributed by atoms with Gasteiger partial charge in [0.2, 0.25) is 21.5 Å². The molecule has 1 atom stereocenters. The van der Waals surface area contributed by atoms with Crippen LogP contribution in [-0.2, 0) is 15.7 Å². The topological polar surface area (TPSA) is 89.2 Å². The average Bonchev–Trinajstić information content (AvgIpc) is 3.20. The van der Waals surface area contributed by atoms with Crippen molar-refractivity contribution in [2.75, 3.05) is 13.1 Å². The van der Waals surface area contributed by atoms with Gasteiger partial charge in [-0.2, -0.15) is 9.29 Å². The molecular weight excluding hydrogens is 407 g/mol. The lowest BCUT2D eigenvalue weighted by atomic mass is 9.96. The average molecular weight is 423 g/mol. The zero-order valence-electron chi connectivity index (χ0n) is 14.6. The Morgan fingerprint density at radius 2 is 2.04 bits per heavy atom. The maximum atomic E-state index is 15.7. The summed E-state index contributed by atoms with van der Waals surface area (Å²) >= 11 is 6.04. The van der Waals surface area contributed by atoms with Crippen LogP contribution in [0.2, 0.25) is 5.02 Å². The van der Waals surface area contributed by atoms with Gasteiger partial charge in [-0.05, 0) is 37.1 Å². The van der Waals surface area contributed by atoms with Gasteiger partial charge in [-0.15, -0.1) is 0 Å². The lowest BCUT2D eigenvalue weighted by Crippen LogP contribution is -2.46. The van der Waals surface area contributed by atoms with E-state index in [-0.39, 0.29) is 34.6 Å². The minimum absolute atomic E-state index is 0.0532. The first-order valence-electron chi connectivity index (χ1n) is 8.58. The highest BCUT2D eigenvalue weighted by atomic mass is 35.5. The second-order valence-corrected chi connectivity index (χ2v) is 8.82. The SMILES string of the molecule is O=S(=O)(c1ccccc1Cl)N1CCCC(F)(c2nc(-c3cccnc3)no2)C1. The van der Waals surface area contributed by atoms with E-state index in [9.17, 15) is 8.42 Å². The predicted molar refractivity (Wildman–Crippen MR) is 99.8 cm³/mol. The summed E-state index contributed by atoms with van der Waals surface area (Å²) in [5.74, 6) is -0.0448. The first-order valence-corrected chi connectivity index (χ1v) is 10.4. The maximum absolute atomic E-state index is 15.7. The molecule has 4 rings (SSSR count). The van der Waals surface area contributed by atoms with Crippen molar-refractivity contribution in [3.63, 3.8) is 0 Å². The van der Waals surface area contributed by atoms with Crippen molar-refractivity contribution in [1.29, 1.82) is 0 Å². The highest BCUT2D eigenvalue weighted by Gasteiger charge is 2.46. The number of halogens is 2. The molecule has 1 aromatic carbocycles. The van der Waals surface area contributed by atoms with Gasteiger partial charge in [0.05, 0.1) is 11.6 Å². The van der Waals surface area contributed by atoms with Crippen LogP contribution in [0.5, 0.6) is 0 Å². The molecule has 1 aliphatic rings. The number of sulfonamides is 1. The van der Waals surface area contributed by atoms with E-state index in [1.165, 1.54) is 18.3 Å². The van der Waals surface area contributed by atoms with E-state index in [4.69, 9.17) is 16.1 Å². The van der Waals surface area contributed by atoms with Crippen molar-refractivity contribution in [2.24, 2.45) is 0 Å². The van der Waals surface area contributed by atoms with Gasteiger partial charge in [0.15, 0.2) is 0 Å². The van der Waals surface area contributed by atoms with Crippen molar-refractivity contribution >= 4 is 21.6 Å². The molecule has 0 saturated carbocycles. The number of benzene rings is 1. The Hall–Kier alpha value is -2.36. The third-order valence-corrected chi connectivity index (χ3v) is 6.94. The fourth-order valence-corrected chi connectivity index (χ4v) is 5.18. The molecule has 0 amide bonds. The Bertz CT molecular complexity index is 1090. The van der Waals surface area contributed by atoms with E-state index in [1.807, 2.05) is 0 Å². The molecule has 1 fully saturated rings. The van der Waals surface area contributed by atoms with Crippen molar-refractivity contribution in [3.05, 3.63) is 59.7 Å². The zero-order chi connectivity index (χ0) is 19.8. The van der Waals surface area contributed by atoms with E-state index in [2.05, 4.69) is 15.1 Å². The molecule has 3 aromatic rings. The molecule has 146 valence electrons. The summed E-state index contributed by atoms with van der Waals surface area (Å²) in [6.45, 7) is -0.238. The van der Waals surface area contributed by atoms with E-state index >= 15 is 4.39 Å². The van der Waals surface area contributed by atoms with E-state index in [0.717, 1.165) is 4.31 Å². The molecule has 28 heavy (non-hydrogen) atoms. The number of alkyl halides is 1. The summed E-state index contributed by atoms with van der Waals surface area (Å²) in [5, 5.41) is 3.90. The molecule has 7 nitrogen and oxygen atoms in total. The highest BCUT2D eigenvalue weighted by Crippen LogP contribution is 2.38. The number of hydrogen-bond acceptors (Lipinski definition) is 6. The van der Waals surface area contributed by atoms with E-state index in [0.29, 0.717) is 12.0 Å². The van der Waals surface area contributed by atoms with Gasteiger partial charge < -0.3 is 4.52 Å². The molecule has 1 unspecified atom stereocenters. The van der Waals surface area contributed by atoms with Gasteiger partial charge >= 0.3 is 0 Å². The van der Waals surface area contributed by atoms with Crippen LogP contribution >= 0.6 is 11.6 Å². The lowest BCUT2D eigenvalue weighted by molar-refractivity contribution is 0.0470. The number of aromatic nitrogens is 3. The summed E-state index contributed by atoms with van der Waals surface area (Å²) in [6, 6.07) is 9.52. The van der Waals surface area contributed by atoms with Crippen LogP contribution in [0, 0.1) is 0 Å². The van der Waals surface area contributed by atoms with Gasteiger partial charge in [0, 0.05) is 24.5 Å². The Balaban J connectivity index is 1.63. The first kappa shape index (κ1) is 19.0. The largest absolute Gasteiger partial charge is 0.335 e. The number of nitrogens with zero attached hydrogens (tertiary/aromatic N) is 4. The van der Waals surface area contributed by atoms with Gasteiger partial charge in [-0.25, -0.2) is 12.8 Å². The molecule has 0 radical (unpaired) electrons. The summed E-state index contributed by atoms with van der Waals surface area (Å²) in [5.41, 5.74) is -1.50. The molecule has 3 heterocycles. The minimum atomic E-state index is -3.96. The van der Waals surface area contributed by atoms with Crippen LogP contribution in [0.15, 0.2) is 58.2 Å². The molecule has 10 heteroatoms. The second kappa shape index (κ2) is 7.23. The number of pyridine rings is 1. The Kier molecular flexibility index (Phi) is 4.90. The van der Waals surface area contributed by atoms with Crippen LogP contribution < -0.4 is 0 Å². The lowest BCUT2D eigenvalue weighted by Gasteiger charge is -2.34. The molecule has 0 bridgehead atoms. The first-order chi connectivity index (χ1) is 13.4. The standard InChI is InChI=1S/C18H16ClFN4O3S/c19-14-6-1-2-7-15(14)28(25,26)24-10-4-8-18(20,12-24)17-22-16(23-27-17)13-5-3-9-21-11-13/h1-3,5-7,9,11H,4,8,10,12H2. The third-order valence-electron chi connectivity index (χ3n) is 4.59. The van der Waals surface area contributed by atoms with Crippen molar-refractivity contribution in [2.45, 2.75) is 23.4 Å². The number of piperidine rings is 1. The minimum Gasteiger partial charge on any atom is -0.335 e. The predicted octanol–water partition coefficient (Wildman–Crippen LogP) is 3.43. The number of hydrogen-bond donors (Lipinski definition) is 0. The molecule has 1 aliphatic heterocycles.